The predicted molar refractivity (Wildman–Crippen MR) is 109 cm³/mol. The van der Waals surface area contributed by atoms with E-state index >= 15 is 0 Å². The fourth-order valence-corrected chi connectivity index (χ4v) is 4.40. The minimum Gasteiger partial charge on any atom is -0.350 e. The molecule has 7 heteroatoms. The molecule has 0 radical (unpaired) electrons. The Hall–Kier alpha value is -1.89. The number of nitrogens with one attached hydrogen (secondary N) is 2. The molecule has 27 heavy (non-hydrogen) atoms. The van der Waals surface area contributed by atoms with Crippen LogP contribution in [0.2, 0.25) is 0 Å². The van der Waals surface area contributed by atoms with Crippen LogP contribution in [0.4, 0.5) is 0 Å². The van der Waals surface area contributed by atoms with Crippen molar-refractivity contribution in [3.63, 3.8) is 0 Å². The Bertz CT molecular complexity index is 859. The molecule has 146 valence electrons. The summed E-state index contributed by atoms with van der Waals surface area (Å²) < 4.78 is 25.0. The number of aryl methyl sites for hydroxylation is 1. The highest BCUT2D eigenvalue weighted by Gasteiger charge is 2.17. The van der Waals surface area contributed by atoms with E-state index < -0.39 is 9.84 Å². The molecule has 0 aromatic heterocycles. The smallest absolute Gasteiger partial charge is 0.251 e. The van der Waals surface area contributed by atoms with Gasteiger partial charge in [0.2, 0.25) is 0 Å². The Labute approximate surface area is 166 Å². The second-order valence-corrected chi connectivity index (χ2v) is 8.76. The number of carbonyl (C=O) groups excluding carboxylic acids is 1. The average Bonchev–Trinajstić information content (AvgIpc) is 3.14. The zero-order valence-corrected chi connectivity index (χ0v) is 16.9. The van der Waals surface area contributed by atoms with Crippen LogP contribution < -0.4 is 10.6 Å². The molecule has 1 aliphatic heterocycles. The first-order valence-corrected chi connectivity index (χ1v) is 10.5. The van der Waals surface area contributed by atoms with Crippen molar-refractivity contribution in [1.29, 1.82) is 0 Å². The molecule has 0 aliphatic carbocycles. The highest BCUT2D eigenvalue weighted by atomic mass is 35.5. The van der Waals surface area contributed by atoms with E-state index in [-0.39, 0.29) is 24.1 Å². The molecule has 0 spiro atoms. The van der Waals surface area contributed by atoms with Crippen molar-refractivity contribution in [2.75, 3.05) is 13.1 Å². The summed E-state index contributed by atoms with van der Waals surface area (Å²) in [6.45, 7) is 3.54. The van der Waals surface area contributed by atoms with Gasteiger partial charge in [-0.05, 0) is 56.1 Å². The summed E-state index contributed by atoms with van der Waals surface area (Å²) in [5.74, 6) is -0.212. The largest absolute Gasteiger partial charge is 0.350 e. The van der Waals surface area contributed by atoms with E-state index in [0.29, 0.717) is 28.6 Å². The summed E-state index contributed by atoms with van der Waals surface area (Å²) in [7, 11) is -3.39. The molecule has 2 aromatic rings. The molecule has 1 aliphatic rings. The lowest BCUT2D eigenvalue weighted by Crippen LogP contribution is -2.37. The number of sulfone groups is 1. The van der Waals surface area contributed by atoms with Gasteiger partial charge in [-0.1, -0.05) is 29.8 Å². The molecule has 1 fully saturated rings. The van der Waals surface area contributed by atoms with Crippen LogP contribution in [-0.2, 0) is 15.6 Å². The summed E-state index contributed by atoms with van der Waals surface area (Å²) in [4.78, 5) is 12.5. The van der Waals surface area contributed by atoms with Gasteiger partial charge in [-0.2, -0.15) is 0 Å². The Morgan fingerprint density at radius 2 is 1.78 bits per heavy atom. The van der Waals surface area contributed by atoms with Crippen molar-refractivity contribution >= 4 is 28.2 Å². The normalized spacial score (nSPS) is 16.6. The summed E-state index contributed by atoms with van der Waals surface area (Å²) in [6, 6.07) is 13.9. The zero-order chi connectivity index (χ0) is 18.6. The van der Waals surface area contributed by atoms with E-state index in [0.717, 1.165) is 24.9 Å². The third-order valence-corrected chi connectivity index (χ3v) is 6.33. The number of hydrogen-bond donors (Lipinski definition) is 2. The molecule has 1 heterocycles. The number of hydrogen-bond acceptors (Lipinski definition) is 4. The van der Waals surface area contributed by atoms with Gasteiger partial charge in [-0.15, -0.1) is 12.4 Å². The standard InChI is InChI=1S/C20H24N2O3S.ClH/c1-15-4-10-19(11-5-15)26(24,25)14-16-6-8-17(9-7-16)20(23)22-13-18-3-2-12-21-18;/h4-11,18,21H,2-3,12-14H2,1H3,(H,22,23);1H. The summed E-state index contributed by atoms with van der Waals surface area (Å²) >= 11 is 0. The molecule has 0 saturated carbocycles. The fourth-order valence-electron chi connectivity index (χ4n) is 3.05. The van der Waals surface area contributed by atoms with Gasteiger partial charge in [-0.25, -0.2) is 8.42 Å². The number of halogens is 1. The lowest BCUT2D eigenvalue weighted by atomic mass is 10.1. The topological polar surface area (TPSA) is 75.3 Å². The zero-order valence-electron chi connectivity index (χ0n) is 15.3. The van der Waals surface area contributed by atoms with Gasteiger partial charge < -0.3 is 10.6 Å². The average molecular weight is 409 g/mol. The van der Waals surface area contributed by atoms with Crippen molar-refractivity contribution in [3.8, 4) is 0 Å². The molecule has 1 saturated heterocycles. The maximum absolute atomic E-state index is 12.5. The number of benzene rings is 2. The van der Waals surface area contributed by atoms with Gasteiger partial charge in [0, 0.05) is 18.2 Å². The molecule has 5 nitrogen and oxygen atoms in total. The first kappa shape index (κ1) is 21.4. The van der Waals surface area contributed by atoms with Crippen LogP contribution in [0.5, 0.6) is 0 Å². The monoisotopic (exact) mass is 408 g/mol. The van der Waals surface area contributed by atoms with Crippen LogP contribution in [0, 0.1) is 6.92 Å². The Balaban J connectivity index is 0.00000261. The quantitative estimate of drug-likeness (QED) is 0.770. The van der Waals surface area contributed by atoms with Crippen molar-refractivity contribution in [1.82, 2.24) is 10.6 Å². The second kappa shape index (κ2) is 9.35. The number of amides is 1. The first-order chi connectivity index (χ1) is 12.4. The van der Waals surface area contributed by atoms with E-state index in [1.54, 1.807) is 48.5 Å². The summed E-state index contributed by atoms with van der Waals surface area (Å²) in [6.07, 6.45) is 2.22. The third kappa shape index (κ3) is 5.79. The van der Waals surface area contributed by atoms with Crippen molar-refractivity contribution < 1.29 is 13.2 Å². The van der Waals surface area contributed by atoms with E-state index in [1.807, 2.05) is 6.92 Å². The van der Waals surface area contributed by atoms with Crippen LogP contribution in [-0.4, -0.2) is 33.5 Å². The molecule has 2 aromatic carbocycles. The van der Waals surface area contributed by atoms with E-state index in [4.69, 9.17) is 0 Å². The van der Waals surface area contributed by atoms with Crippen LogP contribution >= 0.6 is 12.4 Å². The number of rotatable bonds is 6. The van der Waals surface area contributed by atoms with E-state index in [2.05, 4.69) is 10.6 Å². The molecule has 1 unspecified atom stereocenters. The predicted octanol–water partition coefficient (Wildman–Crippen LogP) is 2.87. The van der Waals surface area contributed by atoms with Gasteiger partial charge in [0.25, 0.3) is 5.91 Å². The van der Waals surface area contributed by atoms with Gasteiger partial charge in [-0.3, -0.25) is 4.79 Å². The molecule has 3 rings (SSSR count). The molecular formula is C20H25ClN2O3S. The molecule has 1 atom stereocenters. The highest BCUT2D eigenvalue weighted by molar-refractivity contribution is 7.90. The SMILES string of the molecule is Cc1ccc(S(=O)(=O)Cc2ccc(C(=O)NCC3CCCN3)cc2)cc1.Cl. The van der Waals surface area contributed by atoms with E-state index in [9.17, 15) is 13.2 Å². The van der Waals surface area contributed by atoms with Crippen LogP contribution in [0.15, 0.2) is 53.4 Å². The Kier molecular flexibility index (Phi) is 7.41. The minimum absolute atomic E-state index is 0. The molecule has 2 N–H and O–H groups in total. The Morgan fingerprint density at radius 3 is 2.37 bits per heavy atom. The third-order valence-electron chi connectivity index (χ3n) is 4.62. The summed E-state index contributed by atoms with van der Waals surface area (Å²) in [5, 5.41) is 6.26. The molecular weight excluding hydrogens is 384 g/mol. The van der Waals surface area contributed by atoms with Crippen molar-refractivity contribution in [2.45, 2.75) is 36.5 Å². The number of carbonyl (C=O) groups is 1. The first-order valence-electron chi connectivity index (χ1n) is 8.84. The maximum atomic E-state index is 12.5. The lowest BCUT2D eigenvalue weighted by Gasteiger charge is -2.11. The van der Waals surface area contributed by atoms with Gasteiger partial charge in [0.05, 0.1) is 10.6 Å². The van der Waals surface area contributed by atoms with Crippen molar-refractivity contribution in [2.24, 2.45) is 0 Å². The second-order valence-electron chi connectivity index (χ2n) is 6.77. The lowest BCUT2D eigenvalue weighted by molar-refractivity contribution is 0.0950. The highest BCUT2D eigenvalue weighted by Crippen LogP contribution is 2.17. The van der Waals surface area contributed by atoms with Crippen molar-refractivity contribution in [3.05, 3.63) is 65.2 Å². The fraction of sp³-hybridized carbons (Fsp3) is 0.350. The minimum atomic E-state index is -3.39. The van der Waals surface area contributed by atoms with Gasteiger partial charge in [0.15, 0.2) is 9.84 Å². The molecule has 0 bridgehead atoms. The summed E-state index contributed by atoms with van der Waals surface area (Å²) in [5.41, 5.74) is 2.23. The maximum Gasteiger partial charge on any atom is 0.251 e. The molecule has 1 amide bonds. The van der Waals surface area contributed by atoms with Gasteiger partial charge >= 0.3 is 0 Å². The Morgan fingerprint density at radius 1 is 1.11 bits per heavy atom. The van der Waals surface area contributed by atoms with Gasteiger partial charge in [0.1, 0.15) is 0 Å². The van der Waals surface area contributed by atoms with Crippen LogP contribution in [0.3, 0.4) is 0 Å². The van der Waals surface area contributed by atoms with Crippen LogP contribution in [0.25, 0.3) is 0 Å². The van der Waals surface area contributed by atoms with Crippen LogP contribution in [0.1, 0.15) is 34.3 Å². The van der Waals surface area contributed by atoms with E-state index in [1.165, 1.54) is 0 Å².